The second-order valence-electron chi connectivity index (χ2n) is 4.12. The van der Waals surface area contributed by atoms with Gasteiger partial charge in [-0.3, -0.25) is 0 Å². The summed E-state index contributed by atoms with van der Waals surface area (Å²) in [5.41, 5.74) is 0.990. The third-order valence-electron chi connectivity index (χ3n) is 2.51. The number of rotatable bonds is 1. The van der Waals surface area contributed by atoms with E-state index in [9.17, 15) is 4.79 Å². The molecule has 0 N–H and O–H groups in total. The van der Waals surface area contributed by atoms with Crippen LogP contribution in [0.25, 0.3) is 0 Å². The van der Waals surface area contributed by atoms with Gasteiger partial charge in [-0.1, -0.05) is 0 Å². The number of hydrogen-bond acceptors (Lipinski definition) is 3. The Morgan fingerprint density at radius 3 is 2.76 bits per heavy atom. The van der Waals surface area contributed by atoms with E-state index in [1.54, 1.807) is 4.90 Å². The van der Waals surface area contributed by atoms with Crippen LogP contribution in [0.5, 0.6) is 0 Å². The molecule has 1 aromatic heterocycles. The molecule has 1 aliphatic heterocycles. The molecule has 94 valence electrons. The first-order valence-corrected chi connectivity index (χ1v) is 6.93. The molecule has 2 heterocycles. The Hall–Kier alpha value is -0.560. The van der Waals surface area contributed by atoms with Crippen molar-refractivity contribution in [1.82, 2.24) is 14.5 Å². The van der Waals surface area contributed by atoms with Crippen molar-refractivity contribution in [3.05, 3.63) is 15.0 Å². The quantitative estimate of drug-likeness (QED) is 0.767. The van der Waals surface area contributed by atoms with E-state index in [1.165, 1.54) is 0 Å². The van der Waals surface area contributed by atoms with Crippen LogP contribution in [0.2, 0.25) is 0 Å². The molecule has 7 heteroatoms. The van der Waals surface area contributed by atoms with Crippen LogP contribution in [0.3, 0.4) is 0 Å². The summed E-state index contributed by atoms with van der Waals surface area (Å²) in [6.45, 7) is 5.57. The third-order valence-corrected chi connectivity index (χ3v) is 3.75. The highest BCUT2D eigenvalue weighted by atomic mass is 79.9. The van der Waals surface area contributed by atoms with Crippen molar-refractivity contribution in [3.63, 3.8) is 0 Å². The van der Waals surface area contributed by atoms with Gasteiger partial charge in [0, 0.05) is 13.1 Å². The van der Waals surface area contributed by atoms with E-state index in [0.717, 1.165) is 21.6 Å². The normalized spacial score (nSPS) is 15.0. The lowest BCUT2D eigenvalue weighted by Crippen LogP contribution is -2.39. The summed E-state index contributed by atoms with van der Waals surface area (Å²) in [5, 5.41) is 0. The summed E-state index contributed by atoms with van der Waals surface area (Å²) in [4.78, 5) is 17.7. The van der Waals surface area contributed by atoms with Gasteiger partial charge in [0.15, 0.2) is 4.73 Å². The zero-order valence-electron chi connectivity index (χ0n) is 9.61. The summed E-state index contributed by atoms with van der Waals surface area (Å²) in [6, 6.07) is 0. The second kappa shape index (κ2) is 4.97. The van der Waals surface area contributed by atoms with Crippen molar-refractivity contribution in [1.29, 1.82) is 0 Å². The molecule has 0 saturated carbocycles. The third kappa shape index (κ3) is 2.65. The smallest absolute Gasteiger partial charge is 0.410 e. The first-order chi connectivity index (χ1) is 7.99. The molecule has 1 aliphatic rings. The topological polar surface area (TPSA) is 47.4 Å². The monoisotopic (exact) mass is 365 g/mol. The van der Waals surface area contributed by atoms with E-state index in [4.69, 9.17) is 4.74 Å². The number of amides is 1. The molecule has 0 bridgehead atoms. The number of imidazole rings is 1. The van der Waals surface area contributed by atoms with Gasteiger partial charge >= 0.3 is 6.09 Å². The van der Waals surface area contributed by atoms with Crippen molar-refractivity contribution in [3.8, 4) is 0 Å². The summed E-state index contributed by atoms with van der Waals surface area (Å²) in [7, 11) is 0. The molecule has 1 amide bonds. The highest BCUT2D eigenvalue weighted by molar-refractivity contribution is 9.11. The van der Waals surface area contributed by atoms with Gasteiger partial charge in [-0.2, -0.15) is 0 Å². The van der Waals surface area contributed by atoms with Crippen LogP contribution < -0.4 is 0 Å². The standard InChI is InChI=1S/C10H13Br2N3O2/c1-6(2)17-10(16)14-3-4-15-7(5-14)8(11)13-9(15)12/h6H,3-5H2,1-2H3. The van der Waals surface area contributed by atoms with Gasteiger partial charge in [0.05, 0.1) is 18.3 Å². The molecule has 0 aliphatic carbocycles. The van der Waals surface area contributed by atoms with Crippen molar-refractivity contribution < 1.29 is 9.53 Å². The van der Waals surface area contributed by atoms with E-state index in [1.807, 2.05) is 18.4 Å². The van der Waals surface area contributed by atoms with Crippen LogP contribution in [0.15, 0.2) is 9.34 Å². The predicted octanol–water partition coefficient (Wildman–Crippen LogP) is 2.77. The van der Waals surface area contributed by atoms with Gasteiger partial charge in [-0.25, -0.2) is 9.78 Å². The van der Waals surface area contributed by atoms with E-state index >= 15 is 0 Å². The zero-order chi connectivity index (χ0) is 12.6. The lowest BCUT2D eigenvalue weighted by atomic mass is 10.3. The van der Waals surface area contributed by atoms with Crippen LogP contribution in [0.4, 0.5) is 4.79 Å². The van der Waals surface area contributed by atoms with Gasteiger partial charge in [0.25, 0.3) is 0 Å². The summed E-state index contributed by atoms with van der Waals surface area (Å²) in [6.07, 6.45) is -0.361. The maximum atomic E-state index is 11.8. The minimum atomic E-state index is -0.268. The van der Waals surface area contributed by atoms with Crippen molar-refractivity contribution in [2.24, 2.45) is 0 Å². The van der Waals surface area contributed by atoms with Gasteiger partial charge in [-0.15, -0.1) is 0 Å². The molecule has 0 radical (unpaired) electrons. The Labute approximate surface area is 116 Å². The van der Waals surface area contributed by atoms with E-state index in [-0.39, 0.29) is 12.2 Å². The van der Waals surface area contributed by atoms with Crippen LogP contribution >= 0.6 is 31.9 Å². The second-order valence-corrected chi connectivity index (χ2v) is 5.58. The average molecular weight is 367 g/mol. The molecule has 5 nitrogen and oxygen atoms in total. The molecule has 17 heavy (non-hydrogen) atoms. The summed E-state index contributed by atoms with van der Waals surface area (Å²) < 4.78 is 8.78. The van der Waals surface area contributed by atoms with E-state index < -0.39 is 0 Å². The average Bonchev–Trinajstić information content (AvgIpc) is 2.53. The minimum absolute atomic E-state index is 0.0930. The van der Waals surface area contributed by atoms with Gasteiger partial charge < -0.3 is 14.2 Å². The zero-order valence-corrected chi connectivity index (χ0v) is 12.8. The van der Waals surface area contributed by atoms with Crippen LogP contribution in [-0.4, -0.2) is 33.2 Å². The largest absolute Gasteiger partial charge is 0.447 e. The lowest BCUT2D eigenvalue weighted by molar-refractivity contribution is 0.0686. The Morgan fingerprint density at radius 2 is 2.12 bits per heavy atom. The molecular formula is C10H13Br2N3O2. The van der Waals surface area contributed by atoms with Crippen molar-refractivity contribution >= 4 is 38.0 Å². The molecule has 0 atom stereocenters. The Morgan fingerprint density at radius 1 is 1.41 bits per heavy atom. The maximum Gasteiger partial charge on any atom is 0.410 e. The summed E-state index contributed by atoms with van der Waals surface area (Å²) >= 11 is 6.78. The molecule has 0 fully saturated rings. The molecule has 0 unspecified atom stereocenters. The SMILES string of the molecule is CC(C)OC(=O)N1CCn2c(Br)nc(Br)c2C1. The van der Waals surface area contributed by atoms with Crippen molar-refractivity contribution in [2.75, 3.05) is 6.54 Å². The highest BCUT2D eigenvalue weighted by Gasteiger charge is 2.26. The van der Waals surface area contributed by atoms with Crippen LogP contribution in [0, 0.1) is 0 Å². The Bertz CT molecular complexity index is 445. The van der Waals surface area contributed by atoms with E-state index in [0.29, 0.717) is 13.1 Å². The molecular weight excluding hydrogens is 354 g/mol. The van der Waals surface area contributed by atoms with Crippen molar-refractivity contribution in [2.45, 2.75) is 33.0 Å². The summed E-state index contributed by atoms with van der Waals surface area (Å²) in [5.74, 6) is 0. The first kappa shape index (κ1) is 12.9. The fourth-order valence-corrected chi connectivity index (χ4v) is 3.03. The number of carbonyl (C=O) groups is 1. The van der Waals surface area contributed by atoms with Crippen LogP contribution in [0.1, 0.15) is 19.5 Å². The Kier molecular flexibility index (Phi) is 3.77. The number of carbonyl (C=O) groups excluding carboxylic acids is 1. The van der Waals surface area contributed by atoms with Gasteiger partial charge in [0.2, 0.25) is 0 Å². The number of aromatic nitrogens is 2. The fraction of sp³-hybridized carbons (Fsp3) is 0.600. The molecule has 1 aromatic rings. The maximum absolute atomic E-state index is 11.8. The number of nitrogens with zero attached hydrogens (tertiary/aromatic N) is 3. The number of ether oxygens (including phenoxy) is 1. The molecule has 0 saturated heterocycles. The number of halogens is 2. The van der Waals surface area contributed by atoms with E-state index in [2.05, 4.69) is 36.8 Å². The number of fused-ring (bicyclic) bond motifs is 1. The van der Waals surface area contributed by atoms with Gasteiger partial charge in [-0.05, 0) is 45.7 Å². The highest BCUT2D eigenvalue weighted by Crippen LogP contribution is 2.26. The number of hydrogen-bond donors (Lipinski definition) is 0. The molecule has 0 aromatic carbocycles. The first-order valence-electron chi connectivity index (χ1n) is 5.35. The predicted molar refractivity (Wildman–Crippen MR) is 69.7 cm³/mol. The fourth-order valence-electron chi connectivity index (χ4n) is 1.72. The molecule has 2 rings (SSSR count). The van der Waals surface area contributed by atoms with Crippen LogP contribution in [-0.2, 0) is 17.8 Å². The Balaban J connectivity index is 2.13. The minimum Gasteiger partial charge on any atom is -0.447 e. The molecule has 0 spiro atoms. The lowest BCUT2D eigenvalue weighted by Gasteiger charge is -2.28. The van der Waals surface area contributed by atoms with Gasteiger partial charge in [0.1, 0.15) is 4.60 Å².